The molecule has 0 fully saturated rings. The summed E-state index contributed by atoms with van der Waals surface area (Å²) in [7, 11) is 0. The first-order valence-corrected chi connectivity index (χ1v) is 7.73. The van der Waals surface area contributed by atoms with Crippen molar-refractivity contribution in [1.82, 2.24) is 4.98 Å². The first-order chi connectivity index (χ1) is 9.33. The van der Waals surface area contributed by atoms with E-state index in [9.17, 15) is 4.79 Å². The Hall–Kier alpha value is -1.18. The molecule has 0 saturated heterocycles. The third-order valence-corrected chi connectivity index (χ3v) is 3.50. The molecule has 0 spiro atoms. The fourth-order valence-electron chi connectivity index (χ4n) is 2.24. The average molecular weight is 261 g/mol. The predicted octanol–water partition coefficient (Wildman–Crippen LogP) is 4.72. The number of aryl methyl sites for hydroxylation is 1. The number of hydrogen-bond donors (Lipinski definition) is 0. The molecule has 0 aliphatic carbocycles. The van der Waals surface area contributed by atoms with Gasteiger partial charge in [0.15, 0.2) is 0 Å². The zero-order chi connectivity index (χ0) is 13.8. The van der Waals surface area contributed by atoms with Crippen LogP contribution in [0, 0.1) is 0 Å². The summed E-state index contributed by atoms with van der Waals surface area (Å²) in [5.41, 5.74) is 1.21. The minimum Gasteiger partial charge on any atom is -0.300 e. The molecule has 1 aromatic rings. The van der Waals surface area contributed by atoms with Crippen molar-refractivity contribution in [3.05, 3.63) is 30.1 Å². The molecule has 2 nitrogen and oxygen atoms in total. The van der Waals surface area contributed by atoms with Crippen molar-refractivity contribution in [3.8, 4) is 0 Å². The Morgan fingerprint density at radius 2 is 1.58 bits per heavy atom. The van der Waals surface area contributed by atoms with Crippen LogP contribution in [-0.4, -0.2) is 10.8 Å². The van der Waals surface area contributed by atoms with E-state index >= 15 is 0 Å². The fraction of sp³-hybridized carbons (Fsp3) is 0.647. The third-order valence-electron chi connectivity index (χ3n) is 3.50. The van der Waals surface area contributed by atoms with Crippen molar-refractivity contribution in [3.63, 3.8) is 0 Å². The lowest BCUT2D eigenvalue weighted by Gasteiger charge is -2.02. The Morgan fingerprint density at radius 3 is 2.26 bits per heavy atom. The normalized spacial score (nSPS) is 10.6. The average Bonchev–Trinajstić information content (AvgIpc) is 2.45. The third kappa shape index (κ3) is 8.52. The Bertz CT molecular complexity index is 334. The summed E-state index contributed by atoms with van der Waals surface area (Å²) in [6.45, 7) is 2.24. The summed E-state index contributed by atoms with van der Waals surface area (Å²) in [5, 5.41) is 0. The molecule has 106 valence electrons. The highest BCUT2D eigenvalue weighted by atomic mass is 16.1. The first-order valence-electron chi connectivity index (χ1n) is 7.73. The van der Waals surface area contributed by atoms with E-state index in [1.165, 1.54) is 44.1 Å². The van der Waals surface area contributed by atoms with E-state index in [0.29, 0.717) is 12.2 Å². The monoisotopic (exact) mass is 261 g/mol. The number of pyridine rings is 1. The zero-order valence-electron chi connectivity index (χ0n) is 12.2. The smallest absolute Gasteiger partial charge is 0.133 e. The van der Waals surface area contributed by atoms with Gasteiger partial charge in [0.2, 0.25) is 0 Å². The van der Waals surface area contributed by atoms with Gasteiger partial charge in [0.1, 0.15) is 5.78 Å². The number of unbranched alkanes of at least 4 members (excludes halogenated alkanes) is 6. The molecule has 0 saturated carbocycles. The van der Waals surface area contributed by atoms with Gasteiger partial charge in [0.25, 0.3) is 0 Å². The predicted molar refractivity (Wildman–Crippen MR) is 80.2 cm³/mol. The van der Waals surface area contributed by atoms with Gasteiger partial charge in [0.05, 0.1) is 0 Å². The van der Waals surface area contributed by atoms with E-state index in [4.69, 9.17) is 0 Å². The summed E-state index contributed by atoms with van der Waals surface area (Å²) in [6.07, 6.45) is 14.8. The fourth-order valence-corrected chi connectivity index (χ4v) is 2.24. The molecule has 1 rings (SSSR count). The first kappa shape index (κ1) is 15.9. The number of hydrogen-bond acceptors (Lipinski definition) is 2. The molecule has 0 unspecified atom stereocenters. The number of rotatable bonds is 11. The summed E-state index contributed by atoms with van der Waals surface area (Å²) in [5.74, 6) is 0.408. The second-order valence-electron chi connectivity index (χ2n) is 5.27. The summed E-state index contributed by atoms with van der Waals surface area (Å²) in [6, 6.07) is 3.97. The maximum Gasteiger partial charge on any atom is 0.133 e. The Kier molecular flexibility index (Phi) is 8.95. The maximum absolute atomic E-state index is 11.7. The standard InChI is InChI=1S/C17H27NO/c1-2-3-4-5-6-7-8-9-17(19)11-10-16-12-14-18-15-13-16/h12-15H,2-11H2,1H3. The summed E-state index contributed by atoms with van der Waals surface area (Å²) in [4.78, 5) is 15.7. The van der Waals surface area contributed by atoms with Crippen LogP contribution in [-0.2, 0) is 11.2 Å². The molecular weight excluding hydrogens is 234 g/mol. The number of nitrogens with zero attached hydrogens (tertiary/aromatic N) is 1. The Labute approximate surface area is 117 Å². The molecule has 1 heterocycles. The van der Waals surface area contributed by atoms with E-state index < -0.39 is 0 Å². The van der Waals surface area contributed by atoms with Crippen LogP contribution in [0.15, 0.2) is 24.5 Å². The topological polar surface area (TPSA) is 30.0 Å². The lowest BCUT2D eigenvalue weighted by atomic mass is 10.0. The highest BCUT2D eigenvalue weighted by Gasteiger charge is 2.02. The number of carbonyl (C=O) groups is 1. The Balaban J connectivity index is 1.96. The molecule has 1 aromatic heterocycles. The minimum absolute atomic E-state index is 0.408. The molecule has 0 aliphatic heterocycles. The van der Waals surface area contributed by atoms with Crippen LogP contribution in [0.5, 0.6) is 0 Å². The highest BCUT2D eigenvalue weighted by molar-refractivity contribution is 5.78. The lowest BCUT2D eigenvalue weighted by molar-refractivity contribution is -0.119. The lowest BCUT2D eigenvalue weighted by Crippen LogP contribution is -2.00. The Morgan fingerprint density at radius 1 is 0.947 bits per heavy atom. The van der Waals surface area contributed by atoms with Crippen molar-refractivity contribution in [1.29, 1.82) is 0 Å². The van der Waals surface area contributed by atoms with Crippen molar-refractivity contribution < 1.29 is 4.79 Å². The van der Waals surface area contributed by atoms with Crippen molar-refractivity contribution in [2.24, 2.45) is 0 Å². The minimum atomic E-state index is 0.408. The van der Waals surface area contributed by atoms with Gasteiger partial charge in [-0.25, -0.2) is 0 Å². The molecule has 0 aliphatic rings. The number of carbonyl (C=O) groups excluding carboxylic acids is 1. The van der Waals surface area contributed by atoms with Gasteiger partial charge >= 0.3 is 0 Å². The largest absolute Gasteiger partial charge is 0.300 e. The summed E-state index contributed by atoms with van der Waals surface area (Å²) >= 11 is 0. The maximum atomic E-state index is 11.7. The van der Waals surface area contributed by atoms with Gasteiger partial charge in [0, 0.05) is 25.2 Å². The molecule has 0 atom stereocenters. The van der Waals surface area contributed by atoms with E-state index in [1.54, 1.807) is 12.4 Å². The van der Waals surface area contributed by atoms with Gasteiger partial charge in [-0.15, -0.1) is 0 Å². The van der Waals surface area contributed by atoms with Gasteiger partial charge in [-0.05, 0) is 30.5 Å². The highest BCUT2D eigenvalue weighted by Crippen LogP contribution is 2.10. The van der Waals surface area contributed by atoms with Gasteiger partial charge < -0.3 is 0 Å². The molecular formula is C17H27NO. The number of aromatic nitrogens is 1. The molecule has 19 heavy (non-hydrogen) atoms. The van der Waals surface area contributed by atoms with Crippen LogP contribution in [0.4, 0.5) is 0 Å². The SMILES string of the molecule is CCCCCCCCCC(=O)CCc1ccncc1. The zero-order valence-corrected chi connectivity index (χ0v) is 12.2. The van der Waals surface area contributed by atoms with Crippen LogP contribution in [0.25, 0.3) is 0 Å². The molecule has 0 N–H and O–H groups in total. The molecule has 0 aromatic carbocycles. The van der Waals surface area contributed by atoms with Gasteiger partial charge in [-0.2, -0.15) is 0 Å². The second-order valence-corrected chi connectivity index (χ2v) is 5.27. The molecule has 0 amide bonds. The number of ketones is 1. The van der Waals surface area contributed by atoms with Crippen LogP contribution in [0.3, 0.4) is 0 Å². The van der Waals surface area contributed by atoms with Crippen LogP contribution < -0.4 is 0 Å². The van der Waals surface area contributed by atoms with Crippen molar-refractivity contribution in [2.45, 2.75) is 71.1 Å². The van der Waals surface area contributed by atoms with Gasteiger partial charge in [-0.3, -0.25) is 9.78 Å². The second kappa shape index (κ2) is 10.7. The van der Waals surface area contributed by atoms with E-state index in [1.807, 2.05) is 12.1 Å². The number of Topliss-reactive ketones (excluding diaryl/α,β-unsaturated/α-hetero) is 1. The van der Waals surface area contributed by atoms with E-state index in [-0.39, 0.29) is 0 Å². The van der Waals surface area contributed by atoms with E-state index in [0.717, 1.165) is 19.3 Å². The van der Waals surface area contributed by atoms with Crippen LogP contribution in [0.1, 0.15) is 70.3 Å². The van der Waals surface area contributed by atoms with E-state index in [2.05, 4.69) is 11.9 Å². The summed E-state index contributed by atoms with van der Waals surface area (Å²) < 4.78 is 0. The molecule has 2 heteroatoms. The van der Waals surface area contributed by atoms with Crippen molar-refractivity contribution in [2.75, 3.05) is 0 Å². The molecule has 0 bridgehead atoms. The quantitative estimate of drug-likeness (QED) is 0.539. The molecule has 0 radical (unpaired) electrons. The van der Waals surface area contributed by atoms with Crippen molar-refractivity contribution >= 4 is 5.78 Å². The van der Waals surface area contributed by atoms with Crippen LogP contribution >= 0.6 is 0 Å². The van der Waals surface area contributed by atoms with Crippen LogP contribution in [0.2, 0.25) is 0 Å². The van der Waals surface area contributed by atoms with Gasteiger partial charge in [-0.1, -0.05) is 45.4 Å².